The molecule has 0 aromatic rings. The number of likely N-dealkylation sites (tertiary alicyclic amines) is 1. The van der Waals surface area contributed by atoms with Gasteiger partial charge in [-0.15, -0.1) is 0 Å². The van der Waals surface area contributed by atoms with Crippen LogP contribution < -0.4 is 5.32 Å². The lowest BCUT2D eigenvalue weighted by Gasteiger charge is -2.48. The van der Waals surface area contributed by atoms with Crippen molar-refractivity contribution in [1.29, 1.82) is 0 Å². The van der Waals surface area contributed by atoms with Crippen molar-refractivity contribution in [3.05, 3.63) is 0 Å². The van der Waals surface area contributed by atoms with Crippen LogP contribution in [-0.2, 0) is 0 Å². The maximum atomic E-state index is 3.58. The Morgan fingerprint density at radius 1 is 1.36 bits per heavy atom. The van der Waals surface area contributed by atoms with Crippen LogP contribution in [0.3, 0.4) is 0 Å². The van der Waals surface area contributed by atoms with Crippen molar-refractivity contribution in [2.24, 2.45) is 0 Å². The second kappa shape index (κ2) is 2.46. The highest BCUT2D eigenvalue weighted by molar-refractivity contribution is 5.01. The summed E-state index contributed by atoms with van der Waals surface area (Å²) >= 11 is 0. The zero-order valence-electron chi connectivity index (χ0n) is 7.56. The van der Waals surface area contributed by atoms with Gasteiger partial charge < -0.3 is 0 Å². The van der Waals surface area contributed by atoms with Gasteiger partial charge in [0, 0.05) is 12.6 Å². The second-order valence-electron chi connectivity index (χ2n) is 4.10. The topological polar surface area (TPSA) is 15.3 Å². The molecule has 2 nitrogen and oxygen atoms in total. The molecule has 0 aliphatic carbocycles. The monoisotopic (exact) mass is 154 g/mol. The maximum Gasteiger partial charge on any atom is 0.0727 e. The van der Waals surface area contributed by atoms with Crippen molar-refractivity contribution in [3.8, 4) is 0 Å². The molecule has 2 rings (SSSR count). The van der Waals surface area contributed by atoms with Gasteiger partial charge in [-0.25, -0.2) is 0 Å². The van der Waals surface area contributed by atoms with Crippen molar-refractivity contribution in [2.75, 3.05) is 13.1 Å². The first kappa shape index (κ1) is 7.56. The standard InChI is InChI=1S/C9H18N2/c1-8(2)11-7-3-4-9(11)5-6-10-9/h8,10H,3-7H2,1-2H3. The minimum absolute atomic E-state index is 0.439. The molecule has 2 heterocycles. The first-order chi connectivity index (χ1) is 5.25. The Morgan fingerprint density at radius 2 is 2.09 bits per heavy atom. The predicted octanol–water partition coefficient (Wildman–Crippen LogP) is 1.18. The molecule has 1 unspecified atom stereocenters. The highest BCUT2D eigenvalue weighted by atomic mass is 15.4. The lowest BCUT2D eigenvalue weighted by atomic mass is 9.94. The summed E-state index contributed by atoms with van der Waals surface area (Å²) in [5.41, 5.74) is 0.439. The van der Waals surface area contributed by atoms with Crippen LogP contribution in [0.1, 0.15) is 33.1 Å². The summed E-state index contributed by atoms with van der Waals surface area (Å²) in [6.45, 7) is 7.12. The maximum absolute atomic E-state index is 3.58. The van der Waals surface area contributed by atoms with Crippen molar-refractivity contribution in [1.82, 2.24) is 10.2 Å². The molecule has 0 radical (unpaired) electrons. The zero-order valence-corrected chi connectivity index (χ0v) is 7.56. The molecular weight excluding hydrogens is 136 g/mol. The molecule has 0 bridgehead atoms. The lowest BCUT2D eigenvalue weighted by molar-refractivity contribution is 0.0114. The molecule has 1 spiro atoms. The molecule has 0 aromatic carbocycles. The Labute approximate surface area is 69.0 Å². The summed E-state index contributed by atoms with van der Waals surface area (Å²) in [7, 11) is 0. The van der Waals surface area contributed by atoms with E-state index in [1.54, 1.807) is 0 Å². The average Bonchev–Trinajstić information content (AvgIpc) is 2.27. The SMILES string of the molecule is CC(C)N1CCCC12CCN2. The van der Waals surface area contributed by atoms with E-state index in [9.17, 15) is 0 Å². The largest absolute Gasteiger partial charge is 0.299 e. The number of hydrogen-bond acceptors (Lipinski definition) is 2. The molecule has 1 atom stereocenters. The molecule has 1 N–H and O–H groups in total. The van der Waals surface area contributed by atoms with E-state index < -0.39 is 0 Å². The third-order valence-electron chi connectivity index (χ3n) is 3.16. The quantitative estimate of drug-likeness (QED) is 0.610. The van der Waals surface area contributed by atoms with Crippen LogP contribution in [0.15, 0.2) is 0 Å². The molecule has 2 heteroatoms. The van der Waals surface area contributed by atoms with Gasteiger partial charge in [-0.3, -0.25) is 10.2 Å². The fourth-order valence-corrected chi connectivity index (χ4v) is 2.52. The van der Waals surface area contributed by atoms with E-state index in [0.717, 1.165) is 0 Å². The Bertz CT molecular complexity index is 150. The summed E-state index contributed by atoms with van der Waals surface area (Å²) in [5.74, 6) is 0. The van der Waals surface area contributed by atoms with Gasteiger partial charge in [-0.1, -0.05) is 0 Å². The molecule has 11 heavy (non-hydrogen) atoms. The van der Waals surface area contributed by atoms with Crippen LogP contribution >= 0.6 is 0 Å². The van der Waals surface area contributed by atoms with Crippen LogP contribution in [-0.4, -0.2) is 29.7 Å². The van der Waals surface area contributed by atoms with Crippen LogP contribution in [0.25, 0.3) is 0 Å². The zero-order chi connectivity index (χ0) is 7.90. The predicted molar refractivity (Wildman–Crippen MR) is 46.4 cm³/mol. The van der Waals surface area contributed by atoms with E-state index in [4.69, 9.17) is 0 Å². The normalized spacial score (nSPS) is 38.5. The van der Waals surface area contributed by atoms with Crippen molar-refractivity contribution in [3.63, 3.8) is 0 Å². The molecular formula is C9H18N2. The van der Waals surface area contributed by atoms with Crippen LogP contribution in [0.2, 0.25) is 0 Å². The second-order valence-corrected chi connectivity index (χ2v) is 4.10. The average molecular weight is 154 g/mol. The van der Waals surface area contributed by atoms with E-state index >= 15 is 0 Å². The van der Waals surface area contributed by atoms with Crippen LogP contribution in [0.5, 0.6) is 0 Å². The molecule has 2 fully saturated rings. The summed E-state index contributed by atoms with van der Waals surface area (Å²) in [4.78, 5) is 2.62. The smallest absolute Gasteiger partial charge is 0.0727 e. The van der Waals surface area contributed by atoms with Gasteiger partial charge in [-0.05, 0) is 39.7 Å². The minimum Gasteiger partial charge on any atom is -0.299 e. The van der Waals surface area contributed by atoms with Gasteiger partial charge in [-0.2, -0.15) is 0 Å². The van der Waals surface area contributed by atoms with Crippen LogP contribution in [0.4, 0.5) is 0 Å². The van der Waals surface area contributed by atoms with Gasteiger partial charge in [0.25, 0.3) is 0 Å². The van der Waals surface area contributed by atoms with Gasteiger partial charge in [0.05, 0.1) is 5.66 Å². The fraction of sp³-hybridized carbons (Fsp3) is 1.00. The molecule has 0 amide bonds. The van der Waals surface area contributed by atoms with Gasteiger partial charge >= 0.3 is 0 Å². The molecule has 2 aliphatic heterocycles. The summed E-state index contributed by atoms with van der Waals surface area (Å²) < 4.78 is 0. The summed E-state index contributed by atoms with van der Waals surface area (Å²) in [6, 6.07) is 0.713. The molecule has 64 valence electrons. The minimum atomic E-state index is 0.439. The molecule has 0 aromatic heterocycles. The fourth-order valence-electron chi connectivity index (χ4n) is 2.52. The van der Waals surface area contributed by atoms with Crippen molar-refractivity contribution >= 4 is 0 Å². The highest BCUT2D eigenvalue weighted by Gasteiger charge is 2.45. The Balaban J connectivity index is 2.07. The Kier molecular flexibility index (Phi) is 1.69. The first-order valence-corrected chi connectivity index (χ1v) is 4.76. The van der Waals surface area contributed by atoms with Gasteiger partial charge in [0.15, 0.2) is 0 Å². The van der Waals surface area contributed by atoms with E-state index in [1.807, 2.05) is 0 Å². The molecule has 2 saturated heterocycles. The first-order valence-electron chi connectivity index (χ1n) is 4.76. The van der Waals surface area contributed by atoms with Crippen molar-refractivity contribution in [2.45, 2.75) is 44.8 Å². The third kappa shape index (κ3) is 1.00. The number of hydrogen-bond donors (Lipinski definition) is 1. The van der Waals surface area contributed by atoms with E-state index in [-0.39, 0.29) is 0 Å². The molecule has 0 saturated carbocycles. The van der Waals surface area contributed by atoms with Crippen LogP contribution in [0, 0.1) is 0 Å². The van der Waals surface area contributed by atoms with Gasteiger partial charge in [0.1, 0.15) is 0 Å². The summed E-state index contributed by atoms with van der Waals surface area (Å²) in [5, 5.41) is 3.58. The van der Waals surface area contributed by atoms with E-state index in [1.165, 1.54) is 32.4 Å². The van der Waals surface area contributed by atoms with E-state index in [0.29, 0.717) is 11.7 Å². The Morgan fingerprint density at radius 3 is 2.45 bits per heavy atom. The number of nitrogens with one attached hydrogen (secondary N) is 1. The lowest BCUT2D eigenvalue weighted by Crippen LogP contribution is -2.65. The number of rotatable bonds is 1. The Hall–Kier alpha value is -0.0800. The van der Waals surface area contributed by atoms with Gasteiger partial charge in [0.2, 0.25) is 0 Å². The summed E-state index contributed by atoms with van der Waals surface area (Å²) in [6.07, 6.45) is 4.11. The van der Waals surface area contributed by atoms with Crippen molar-refractivity contribution < 1.29 is 0 Å². The number of nitrogens with zero attached hydrogens (tertiary/aromatic N) is 1. The third-order valence-corrected chi connectivity index (χ3v) is 3.16. The van der Waals surface area contributed by atoms with E-state index in [2.05, 4.69) is 24.1 Å². The highest BCUT2D eigenvalue weighted by Crippen LogP contribution is 2.35. The molecule has 2 aliphatic rings.